The molecule has 94 valence electrons. The summed E-state index contributed by atoms with van der Waals surface area (Å²) in [4.78, 5) is 8.23. The van der Waals surface area contributed by atoms with Gasteiger partial charge in [-0.2, -0.15) is 4.98 Å². The molecule has 0 aliphatic heterocycles. The zero-order valence-electron chi connectivity index (χ0n) is 10.1. The van der Waals surface area contributed by atoms with Crippen molar-refractivity contribution < 1.29 is 9.13 Å². The van der Waals surface area contributed by atoms with Crippen molar-refractivity contribution in [1.29, 1.82) is 0 Å². The number of nitrogens with zero attached hydrogens (tertiary/aromatic N) is 2. The number of aromatic nitrogens is 2. The Hall–Kier alpha value is -1.68. The molecule has 0 aliphatic carbocycles. The average molecular weight is 267 g/mol. The number of benzene rings is 1. The van der Waals surface area contributed by atoms with Gasteiger partial charge >= 0.3 is 0 Å². The molecule has 0 saturated carbocycles. The second-order valence-corrected chi connectivity index (χ2v) is 4.16. The van der Waals surface area contributed by atoms with Crippen molar-refractivity contribution in [2.24, 2.45) is 0 Å². The topological polar surface area (TPSA) is 35.0 Å². The number of aryl methyl sites for hydroxylation is 2. The summed E-state index contributed by atoms with van der Waals surface area (Å²) in [6.45, 7) is 3.44. The summed E-state index contributed by atoms with van der Waals surface area (Å²) in [7, 11) is 0. The van der Waals surface area contributed by atoms with Crippen LogP contribution in [-0.4, -0.2) is 9.97 Å². The standard InChI is InChI=1S/C13H12ClFN2O/c1-8-5-11(3-4-12(8)15)18-13-10(6-14)7-16-9(2)17-13/h3-5,7H,6H2,1-2H3. The molecule has 0 N–H and O–H groups in total. The van der Waals surface area contributed by atoms with Crippen molar-refractivity contribution in [1.82, 2.24) is 9.97 Å². The highest BCUT2D eigenvalue weighted by Crippen LogP contribution is 2.25. The van der Waals surface area contributed by atoms with Gasteiger partial charge in [-0.3, -0.25) is 0 Å². The van der Waals surface area contributed by atoms with Crippen LogP contribution < -0.4 is 4.74 Å². The molecular weight excluding hydrogens is 255 g/mol. The quantitative estimate of drug-likeness (QED) is 0.794. The highest BCUT2D eigenvalue weighted by atomic mass is 35.5. The van der Waals surface area contributed by atoms with Gasteiger partial charge in [0.05, 0.1) is 5.88 Å². The molecule has 5 heteroatoms. The summed E-state index contributed by atoms with van der Waals surface area (Å²) in [6, 6.07) is 4.53. The van der Waals surface area contributed by atoms with Gasteiger partial charge in [0.15, 0.2) is 0 Å². The van der Waals surface area contributed by atoms with Crippen LogP contribution in [-0.2, 0) is 5.88 Å². The molecule has 0 bridgehead atoms. The van der Waals surface area contributed by atoms with Gasteiger partial charge in [0.25, 0.3) is 0 Å². The smallest absolute Gasteiger partial charge is 0.226 e. The number of halogens is 2. The monoisotopic (exact) mass is 266 g/mol. The molecule has 1 heterocycles. The third kappa shape index (κ3) is 2.76. The number of alkyl halides is 1. The Morgan fingerprint density at radius 1 is 1.33 bits per heavy atom. The molecule has 3 nitrogen and oxygen atoms in total. The predicted molar refractivity (Wildman–Crippen MR) is 67.5 cm³/mol. The van der Waals surface area contributed by atoms with Crippen molar-refractivity contribution in [2.75, 3.05) is 0 Å². The van der Waals surface area contributed by atoms with Crippen molar-refractivity contribution in [3.05, 3.63) is 47.2 Å². The van der Waals surface area contributed by atoms with Gasteiger partial charge < -0.3 is 4.74 Å². The summed E-state index contributed by atoms with van der Waals surface area (Å²) in [5.41, 5.74) is 1.22. The van der Waals surface area contributed by atoms with Gasteiger partial charge in [-0.15, -0.1) is 11.6 Å². The second kappa shape index (κ2) is 5.31. The van der Waals surface area contributed by atoms with Crippen LogP contribution in [0.2, 0.25) is 0 Å². The Labute approximate surface area is 110 Å². The van der Waals surface area contributed by atoms with Crippen LogP contribution in [0.1, 0.15) is 17.0 Å². The summed E-state index contributed by atoms with van der Waals surface area (Å²) in [6.07, 6.45) is 1.63. The van der Waals surface area contributed by atoms with Crippen molar-refractivity contribution in [3.63, 3.8) is 0 Å². The van der Waals surface area contributed by atoms with E-state index in [9.17, 15) is 4.39 Å². The van der Waals surface area contributed by atoms with Crippen molar-refractivity contribution in [3.8, 4) is 11.6 Å². The molecule has 18 heavy (non-hydrogen) atoms. The van der Waals surface area contributed by atoms with E-state index >= 15 is 0 Å². The lowest BCUT2D eigenvalue weighted by Crippen LogP contribution is -1.98. The highest BCUT2D eigenvalue weighted by molar-refractivity contribution is 6.17. The lowest BCUT2D eigenvalue weighted by Gasteiger charge is -2.09. The van der Waals surface area contributed by atoms with Crippen LogP contribution in [0, 0.1) is 19.7 Å². The number of rotatable bonds is 3. The maximum Gasteiger partial charge on any atom is 0.226 e. The predicted octanol–water partition coefficient (Wildman–Crippen LogP) is 3.76. The molecule has 0 radical (unpaired) electrons. The summed E-state index contributed by atoms with van der Waals surface area (Å²) < 4.78 is 18.8. The zero-order chi connectivity index (χ0) is 13.1. The van der Waals surface area contributed by atoms with Crippen LogP contribution in [0.25, 0.3) is 0 Å². The van der Waals surface area contributed by atoms with E-state index in [1.54, 1.807) is 32.2 Å². The van der Waals surface area contributed by atoms with Crippen LogP contribution in [0.5, 0.6) is 11.6 Å². The fourth-order valence-corrected chi connectivity index (χ4v) is 1.63. The minimum Gasteiger partial charge on any atom is -0.439 e. The van der Waals surface area contributed by atoms with Gasteiger partial charge in [-0.25, -0.2) is 9.37 Å². The third-order valence-corrected chi connectivity index (χ3v) is 2.72. The molecule has 0 aliphatic rings. The van der Waals surface area contributed by atoms with Gasteiger partial charge in [0.1, 0.15) is 17.4 Å². The summed E-state index contributed by atoms with van der Waals surface area (Å²) in [5.74, 6) is 1.52. The molecule has 0 unspecified atom stereocenters. The van der Waals surface area contributed by atoms with Gasteiger partial charge in [0, 0.05) is 11.8 Å². The molecule has 2 rings (SSSR count). The van der Waals surface area contributed by atoms with E-state index in [2.05, 4.69) is 9.97 Å². The van der Waals surface area contributed by atoms with E-state index in [-0.39, 0.29) is 11.7 Å². The SMILES string of the molecule is Cc1ncc(CCl)c(Oc2ccc(F)c(C)c2)n1. The minimum absolute atomic E-state index is 0.260. The first-order valence-electron chi connectivity index (χ1n) is 5.42. The summed E-state index contributed by atoms with van der Waals surface area (Å²) in [5, 5.41) is 0. The molecule has 0 atom stereocenters. The molecule has 0 spiro atoms. The first kappa shape index (κ1) is 12.8. The first-order chi connectivity index (χ1) is 8.60. The fraction of sp³-hybridized carbons (Fsp3) is 0.231. The Morgan fingerprint density at radius 3 is 2.78 bits per heavy atom. The minimum atomic E-state index is -0.265. The summed E-state index contributed by atoms with van der Waals surface area (Å²) >= 11 is 5.79. The van der Waals surface area contributed by atoms with Gasteiger partial charge in [0.2, 0.25) is 5.88 Å². The largest absolute Gasteiger partial charge is 0.439 e. The fourth-order valence-electron chi connectivity index (χ4n) is 1.45. The van der Waals surface area contributed by atoms with Crippen LogP contribution >= 0.6 is 11.6 Å². The molecular formula is C13H12ClFN2O. The molecule has 0 amide bonds. The zero-order valence-corrected chi connectivity index (χ0v) is 10.8. The number of ether oxygens (including phenoxy) is 1. The van der Waals surface area contributed by atoms with E-state index < -0.39 is 0 Å². The van der Waals surface area contributed by atoms with Gasteiger partial charge in [-0.05, 0) is 37.6 Å². The Morgan fingerprint density at radius 2 is 2.11 bits per heavy atom. The van der Waals surface area contributed by atoms with E-state index in [0.717, 1.165) is 0 Å². The van der Waals surface area contributed by atoms with E-state index in [4.69, 9.17) is 16.3 Å². The highest BCUT2D eigenvalue weighted by Gasteiger charge is 2.08. The van der Waals surface area contributed by atoms with E-state index in [1.807, 2.05) is 0 Å². The molecule has 2 aromatic rings. The average Bonchev–Trinajstić information content (AvgIpc) is 2.34. The van der Waals surface area contributed by atoms with Crippen LogP contribution in [0.15, 0.2) is 24.4 Å². The van der Waals surface area contributed by atoms with Crippen LogP contribution in [0.4, 0.5) is 4.39 Å². The molecule has 1 aromatic carbocycles. The number of hydrogen-bond acceptors (Lipinski definition) is 3. The van der Waals surface area contributed by atoms with Gasteiger partial charge in [-0.1, -0.05) is 0 Å². The second-order valence-electron chi connectivity index (χ2n) is 3.89. The normalized spacial score (nSPS) is 10.4. The molecule has 1 aromatic heterocycles. The van der Waals surface area contributed by atoms with Crippen molar-refractivity contribution >= 4 is 11.6 Å². The Kier molecular flexibility index (Phi) is 3.77. The maximum atomic E-state index is 13.1. The third-order valence-electron chi connectivity index (χ3n) is 2.43. The lowest BCUT2D eigenvalue weighted by atomic mass is 10.2. The Balaban J connectivity index is 2.33. The maximum absolute atomic E-state index is 13.1. The van der Waals surface area contributed by atoms with Crippen molar-refractivity contribution in [2.45, 2.75) is 19.7 Å². The van der Waals surface area contributed by atoms with E-state index in [1.165, 1.54) is 6.07 Å². The number of hydrogen-bond donors (Lipinski definition) is 0. The van der Waals surface area contributed by atoms with Crippen LogP contribution in [0.3, 0.4) is 0 Å². The molecule has 0 saturated heterocycles. The Bertz CT molecular complexity index is 575. The first-order valence-corrected chi connectivity index (χ1v) is 5.96. The lowest BCUT2D eigenvalue weighted by molar-refractivity contribution is 0.452. The van der Waals surface area contributed by atoms with E-state index in [0.29, 0.717) is 28.6 Å². The molecule has 0 fully saturated rings.